The highest BCUT2D eigenvalue weighted by atomic mass is 32.2. The maximum absolute atomic E-state index is 12.1. The number of thiophene rings is 1. The van der Waals surface area contributed by atoms with E-state index in [1.807, 2.05) is 17.5 Å². The van der Waals surface area contributed by atoms with Crippen LogP contribution < -0.4 is 5.32 Å². The fourth-order valence-electron chi connectivity index (χ4n) is 2.19. The molecule has 0 radical (unpaired) electrons. The molecule has 6 heteroatoms. The molecule has 22 heavy (non-hydrogen) atoms. The van der Waals surface area contributed by atoms with Gasteiger partial charge < -0.3 is 10.4 Å². The quantitative estimate of drug-likeness (QED) is 0.885. The third-order valence-corrected chi connectivity index (χ3v) is 5.19. The maximum atomic E-state index is 12.1. The van der Waals surface area contributed by atoms with Gasteiger partial charge in [0.05, 0.1) is 0 Å². The average molecular weight is 332 g/mol. The van der Waals surface area contributed by atoms with Gasteiger partial charge in [0, 0.05) is 17.9 Å². The van der Waals surface area contributed by atoms with Crippen molar-refractivity contribution in [3.05, 3.63) is 52.2 Å². The van der Waals surface area contributed by atoms with E-state index in [1.54, 1.807) is 23.5 Å². The van der Waals surface area contributed by atoms with Crippen molar-refractivity contribution in [2.45, 2.75) is 12.5 Å². The van der Waals surface area contributed by atoms with Gasteiger partial charge in [-0.15, -0.1) is 11.8 Å². The number of aliphatic imine (C=N–C) groups is 1. The monoisotopic (exact) mass is 332 g/mol. The Labute approximate surface area is 137 Å². The van der Waals surface area contributed by atoms with Crippen molar-refractivity contribution >= 4 is 34.0 Å². The minimum atomic E-state index is -0.373. The fourth-order valence-corrected chi connectivity index (χ4v) is 3.97. The topological polar surface area (TPSA) is 61.7 Å². The predicted molar refractivity (Wildman–Crippen MR) is 91.9 cm³/mol. The van der Waals surface area contributed by atoms with Crippen LogP contribution in [0, 0.1) is 0 Å². The van der Waals surface area contributed by atoms with Crippen LogP contribution in [-0.2, 0) is 11.2 Å². The smallest absolute Gasteiger partial charge is 0.245 e. The molecule has 0 aliphatic carbocycles. The summed E-state index contributed by atoms with van der Waals surface area (Å²) < 4.78 is 0. The second-order valence-corrected chi connectivity index (χ2v) is 6.74. The number of rotatable bonds is 5. The number of nitrogens with one attached hydrogen (secondary N) is 1. The zero-order valence-corrected chi connectivity index (χ0v) is 13.5. The molecule has 0 bridgehead atoms. The van der Waals surface area contributed by atoms with E-state index >= 15 is 0 Å². The molecule has 1 atom stereocenters. The highest BCUT2D eigenvalue weighted by Crippen LogP contribution is 2.28. The molecule has 0 spiro atoms. The van der Waals surface area contributed by atoms with Gasteiger partial charge in [-0.05, 0) is 40.9 Å². The van der Waals surface area contributed by atoms with E-state index < -0.39 is 0 Å². The van der Waals surface area contributed by atoms with Crippen LogP contribution in [0.3, 0.4) is 0 Å². The lowest BCUT2D eigenvalue weighted by atomic mass is 10.2. The van der Waals surface area contributed by atoms with Gasteiger partial charge in [-0.1, -0.05) is 12.1 Å². The zero-order valence-electron chi connectivity index (χ0n) is 11.9. The van der Waals surface area contributed by atoms with E-state index in [-0.39, 0.29) is 17.7 Å². The van der Waals surface area contributed by atoms with E-state index in [2.05, 4.69) is 21.8 Å². The molecule has 2 aromatic rings. The molecule has 0 saturated carbocycles. The van der Waals surface area contributed by atoms with Crippen molar-refractivity contribution in [3.63, 3.8) is 0 Å². The number of para-hydroxylation sites is 1. The Bertz CT molecular complexity index is 683. The summed E-state index contributed by atoms with van der Waals surface area (Å²) in [5, 5.41) is 17.6. The molecule has 2 N–H and O–H groups in total. The summed E-state index contributed by atoms with van der Waals surface area (Å²) in [5.41, 5.74) is 1.94. The number of benzene rings is 1. The first-order valence-corrected chi connectivity index (χ1v) is 8.94. The summed E-state index contributed by atoms with van der Waals surface area (Å²) in [4.78, 5) is 16.6. The van der Waals surface area contributed by atoms with Crippen molar-refractivity contribution in [2.75, 3.05) is 12.3 Å². The number of phenolic OH excluding ortho intramolecular Hbond substituents is 1. The molecular formula is C16H16N2O2S2. The molecule has 0 fully saturated rings. The molecule has 0 saturated heterocycles. The lowest BCUT2D eigenvalue weighted by Gasteiger charge is -2.07. The average Bonchev–Trinajstić information content (AvgIpc) is 3.19. The highest BCUT2D eigenvalue weighted by molar-refractivity contribution is 8.14. The first-order chi connectivity index (χ1) is 10.7. The number of hydrogen-bond donors (Lipinski definition) is 2. The normalized spacial score (nSPS) is 17.3. The summed E-state index contributed by atoms with van der Waals surface area (Å²) in [5.74, 6) is 0.772. The van der Waals surface area contributed by atoms with Gasteiger partial charge in [-0.3, -0.25) is 9.79 Å². The SMILES string of the molecule is O=C(NCCc1ccsc1)[C@H]1CSC(c2ccccc2O)=N1. The van der Waals surface area contributed by atoms with E-state index in [1.165, 1.54) is 17.3 Å². The summed E-state index contributed by atoms with van der Waals surface area (Å²) in [6, 6.07) is 8.77. The summed E-state index contributed by atoms with van der Waals surface area (Å²) in [6.07, 6.45) is 0.838. The summed E-state index contributed by atoms with van der Waals surface area (Å²) in [6.45, 7) is 0.623. The van der Waals surface area contributed by atoms with Gasteiger partial charge in [0.1, 0.15) is 16.8 Å². The minimum Gasteiger partial charge on any atom is -0.507 e. The van der Waals surface area contributed by atoms with Gasteiger partial charge >= 0.3 is 0 Å². The minimum absolute atomic E-state index is 0.0480. The third-order valence-electron chi connectivity index (χ3n) is 3.38. The zero-order chi connectivity index (χ0) is 15.4. The van der Waals surface area contributed by atoms with Gasteiger partial charge in [-0.2, -0.15) is 11.3 Å². The fraction of sp³-hybridized carbons (Fsp3) is 0.250. The van der Waals surface area contributed by atoms with E-state index in [4.69, 9.17) is 0 Å². The molecule has 0 unspecified atom stereocenters. The molecule has 1 aromatic heterocycles. The standard InChI is InChI=1S/C16H16N2O2S2/c19-14-4-2-1-3-12(14)16-18-13(10-22-16)15(20)17-7-5-11-6-8-21-9-11/h1-4,6,8-9,13,19H,5,7,10H2,(H,17,20)/t13-/m1/s1. The van der Waals surface area contributed by atoms with Gasteiger partial charge in [0.15, 0.2) is 0 Å². The van der Waals surface area contributed by atoms with E-state index in [0.29, 0.717) is 17.9 Å². The Balaban J connectivity index is 1.57. The number of amides is 1. The molecule has 4 nitrogen and oxygen atoms in total. The predicted octanol–water partition coefficient (Wildman–Crippen LogP) is 2.67. The molecule has 3 rings (SSSR count). The Hall–Kier alpha value is -1.79. The van der Waals surface area contributed by atoms with Gasteiger partial charge in [-0.25, -0.2) is 0 Å². The van der Waals surface area contributed by atoms with E-state index in [9.17, 15) is 9.90 Å². The Morgan fingerprint density at radius 1 is 1.36 bits per heavy atom. The van der Waals surface area contributed by atoms with Crippen LogP contribution in [0.25, 0.3) is 0 Å². The lowest BCUT2D eigenvalue weighted by Crippen LogP contribution is -2.35. The number of carbonyl (C=O) groups excluding carboxylic acids is 1. The third kappa shape index (κ3) is 3.51. The Morgan fingerprint density at radius 3 is 3.00 bits per heavy atom. The van der Waals surface area contributed by atoms with Crippen molar-refractivity contribution in [3.8, 4) is 5.75 Å². The summed E-state index contributed by atoms with van der Waals surface area (Å²) in [7, 11) is 0. The molecular weight excluding hydrogens is 316 g/mol. The second kappa shape index (κ2) is 6.98. The van der Waals surface area contributed by atoms with Crippen molar-refractivity contribution in [1.82, 2.24) is 5.32 Å². The van der Waals surface area contributed by atoms with Crippen molar-refractivity contribution < 1.29 is 9.90 Å². The van der Waals surface area contributed by atoms with Crippen LogP contribution in [0.15, 0.2) is 46.1 Å². The Kier molecular flexibility index (Phi) is 4.80. The van der Waals surface area contributed by atoms with E-state index in [0.717, 1.165) is 11.5 Å². The number of hydrogen-bond acceptors (Lipinski definition) is 5. The molecule has 2 heterocycles. The maximum Gasteiger partial charge on any atom is 0.245 e. The van der Waals surface area contributed by atoms with Gasteiger partial charge in [0.2, 0.25) is 5.91 Å². The highest BCUT2D eigenvalue weighted by Gasteiger charge is 2.26. The van der Waals surface area contributed by atoms with Gasteiger partial charge in [0.25, 0.3) is 0 Å². The van der Waals surface area contributed by atoms with Crippen molar-refractivity contribution in [2.24, 2.45) is 4.99 Å². The number of thioether (sulfide) groups is 1. The first kappa shape index (κ1) is 15.1. The van der Waals surface area contributed by atoms with Crippen LogP contribution in [0.4, 0.5) is 0 Å². The molecule has 1 amide bonds. The van der Waals surface area contributed by atoms with Crippen LogP contribution in [0.5, 0.6) is 5.75 Å². The number of carbonyl (C=O) groups is 1. The van der Waals surface area contributed by atoms with Crippen LogP contribution in [0.2, 0.25) is 0 Å². The van der Waals surface area contributed by atoms with Crippen molar-refractivity contribution in [1.29, 1.82) is 0 Å². The van der Waals surface area contributed by atoms with Crippen LogP contribution >= 0.6 is 23.1 Å². The number of aromatic hydroxyl groups is 1. The number of phenols is 1. The first-order valence-electron chi connectivity index (χ1n) is 7.02. The summed E-state index contributed by atoms with van der Waals surface area (Å²) >= 11 is 3.17. The molecule has 1 aliphatic rings. The second-order valence-electron chi connectivity index (χ2n) is 4.95. The largest absolute Gasteiger partial charge is 0.507 e. The van der Waals surface area contributed by atoms with Crippen LogP contribution in [-0.4, -0.2) is 34.4 Å². The molecule has 1 aromatic carbocycles. The molecule has 114 valence electrons. The molecule has 1 aliphatic heterocycles. The Morgan fingerprint density at radius 2 is 2.23 bits per heavy atom. The number of nitrogens with zero attached hydrogens (tertiary/aromatic N) is 1. The lowest BCUT2D eigenvalue weighted by molar-refractivity contribution is -0.121. The van der Waals surface area contributed by atoms with Crippen LogP contribution in [0.1, 0.15) is 11.1 Å².